The van der Waals surface area contributed by atoms with E-state index in [1.807, 2.05) is 36.4 Å². The summed E-state index contributed by atoms with van der Waals surface area (Å²) in [6.07, 6.45) is 0. The summed E-state index contributed by atoms with van der Waals surface area (Å²) in [5.41, 5.74) is 1.82. The molecule has 0 aromatic heterocycles. The monoisotopic (exact) mass is 331 g/mol. The van der Waals surface area contributed by atoms with Gasteiger partial charge in [-0.1, -0.05) is 30.3 Å². The first-order valence-electron chi connectivity index (χ1n) is 6.50. The fraction of sp³-hybridized carbons (Fsp3) is 0.188. The van der Waals surface area contributed by atoms with Gasteiger partial charge in [-0.25, -0.2) is 0 Å². The lowest BCUT2D eigenvalue weighted by Gasteiger charge is -2.11. The molecule has 0 bridgehead atoms. The molecule has 2 aromatic rings. The third-order valence-corrected chi connectivity index (χ3v) is 4.12. The summed E-state index contributed by atoms with van der Waals surface area (Å²) in [7, 11) is 0. The minimum Gasteiger partial charge on any atom is -0.493 e. The fourth-order valence-electron chi connectivity index (χ4n) is 2.35. The summed E-state index contributed by atoms with van der Waals surface area (Å²) in [4.78, 5) is 12.2. The maximum absolute atomic E-state index is 12.2. The van der Waals surface area contributed by atoms with E-state index in [0.29, 0.717) is 18.7 Å². The molecule has 4 heteroatoms. The molecule has 3 rings (SSSR count). The second kappa shape index (κ2) is 5.67. The Morgan fingerprint density at radius 3 is 2.80 bits per heavy atom. The van der Waals surface area contributed by atoms with Crippen LogP contribution in [0.3, 0.4) is 0 Å². The van der Waals surface area contributed by atoms with Crippen LogP contribution in [0.4, 0.5) is 0 Å². The maximum atomic E-state index is 12.2. The van der Waals surface area contributed by atoms with Crippen molar-refractivity contribution >= 4 is 21.8 Å². The molecule has 0 saturated heterocycles. The van der Waals surface area contributed by atoms with E-state index in [2.05, 4.69) is 27.3 Å². The van der Waals surface area contributed by atoms with Gasteiger partial charge in [0.25, 0.3) is 5.91 Å². The van der Waals surface area contributed by atoms with Crippen LogP contribution in [-0.4, -0.2) is 19.1 Å². The number of para-hydroxylation sites is 1. The minimum atomic E-state index is -0.0677. The molecular weight excluding hydrogens is 318 g/mol. The number of carbonyl (C=O) groups excluding carboxylic acids is 1. The Morgan fingerprint density at radius 2 is 1.95 bits per heavy atom. The molecule has 1 atom stereocenters. The average molecular weight is 332 g/mol. The topological polar surface area (TPSA) is 38.3 Å². The van der Waals surface area contributed by atoms with E-state index in [1.54, 1.807) is 6.07 Å². The van der Waals surface area contributed by atoms with E-state index >= 15 is 0 Å². The quantitative estimate of drug-likeness (QED) is 0.936. The lowest BCUT2D eigenvalue weighted by Crippen LogP contribution is -2.29. The number of carbonyl (C=O) groups is 1. The Bertz CT molecular complexity index is 642. The van der Waals surface area contributed by atoms with Gasteiger partial charge in [-0.3, -0.25) is 4.79 Å². The van der Waals surface area contributed by atoms with Gasteiger partial charge in [0.2, 0.25) is 0 Å². The Kier molecular flexibility index (Phi) is 3.74. The Labute approximate surface area is 126 Å². The number of ether oxygens (including phenoxy) is 1. The van der Waals surface area contributed by atoms with Gasteiger partial charge in [-0.2, -0.15) is 0 Å². The fourth-order valence-corrected chi connectivity index (χ4v) is 2.82. The van der Waals surface area contributed by atoms with Crippen LogP contribution in [0.25, 0.3) is 0 Å². The molecule has 1 amide bonds. The van der Waals surface area contributed by atoms with Gasteiger partial charge in [-0.15, -0.1) is 0 Å². The molecule has 1 aliphatic heterocycles. The van der Waals surface area contributed by atoms with Crippen LogP contribution in [0, 0.1) is 0 Å². The molecule has 2 aromatic carbocycles. The summed E-state index contributed by atoms with van der Waals surface area (Å²) < 4.78 is 6.42. The highest BCUT2D eigenvalue weighted by atomic mass is 79.9. The van der Waals surface area contributed by atoms with Crippen LogP contribution in [0.5, 0.6) is 5.75 Å². The van der Waals surface area contributed by atoms with Gasteiger partial charge < -0.3 is 10.1 Å². The molecular formula is C16H14BrNO2. The smallest absolute Gasteiger partial charge is 0.252 e. The summed E-state index contributed by atoms with van der Waals surface area (Å²) in [5, 5.41) is 2.97. The zero-order valence-corrected chi connectivity index (χ0v) is 12.4. The van der Waals surface area contributed by atoms with Gasteiger partial charge in [0.05, 0.1) is 12.2 Å². The molecule has 1 heterocycles. The molecule has 0 saturated carbocycles. The number of hydrogen-bond acceptors (Lipinski definition) is 2. The minimum absolute atomic E-state index is 0.0677. The van der Waals surface area contributed by atoms with Crippen molar-refractivity contribution in [2.75, 3.05) is 13.2 Å². The summed E-state index contributed by atoms with van der Waals surface area (Å²) in [6, 6.07) is 15.4. The summed E-state index contributed by atoms with van der Waals surface area (Å²) in [6.45, 7) is 1.20. The van der Waals surface area contributed by atoms with Gasteiger partial charge in [0.15, 0.2) is 0 Å². The number of hydrogen-bond donors (Lipinski definition) is 1. The number of amides is 1. The van der Waals surface area contributed by atoms with E-state index in [4.69, 9.17) is 4.74 Å². The van der Waals surface area contributed by atoms with Crippen LogP contribution in [0.15, 0.2) is 53.0 Å². The number of halogens is 1. The Balaban J connectivity index is 1.67. The van der Waals surface area contributed by atoms with Gasteiger partial charge >= 0.3 is 0 Å². The van der Waals surface area contributed by atoms with Crippen molar-refractivity contribution in [2.24, 2.45) is 0 Å². The van der Waals surface area contributed by atoms with Crippen LogP contribution in [-0.2, 0) is 0 Å². The highest BCUT2D eigenvalue weighted by Gasteiger charge is 2.24. The lowest BCUT2D eigenvalue weighted by atomic mass is 10.0. The second-order valence-corrected chi connectivity index (χ2v) is 5.59. The van der Waals surface area contributed by atoms with E-state index in [0.717, 1.165) is 10.2 Å². The van der Waals surface area contributed by atoms with Crippen LogP contribution in [0.1, 0.15) is 21.8 Å². The van der Waals surface area contributed by atoms with Crippen LogP contribution in [0.2, 0.25) is 0 Å². The zero-order valence-electron chi connectivity index (χ0n) is 10.8. The van der Waals surface area contributed by atoms with Crippen molar-refractivity contribution in [3.05, 3.63) is 64.1 Å². The van der Waals surface area contributed by atoms with E-state index in [9.17, 15) is 4.79 Å². The largest absolute Gasteiger partial charge is 0.493 e. The number of fused-ring (bicyclic) bond motifs is 1. The van der Waals surface area contributed by atoms with Crippen molar-refractivity contribution in [2.45, 2.75) is 5.92 Å². The highest BCUT2D eigenvalue weighted by molar-refractivity contribution is 9.10. The van der Waals surface area contributed by atoms with Crippen molar-refractivity contribution < 1.29 is 9.53 Å². The summed E-state index contributed by atoms with van der Waals surface area (Å²) in [5.74, 6) is 1.08. The molecule has 0 unspecified atom stereocenters. The molecule has 3 nitrogen and oxygen atoms in total. The van der Waals surface area contributed by atoms with E-state index in [1.165, 1.54) is 5.56 Å². The molecule has 20 heavy (non-hydrogen) atoms. The van der Waals surface area contributed by atoms with Crippen LogP contribution < -0.4 is 10.1 Å². The third kappa shape index (κ3) is 2.56. The maximum Gasteiger partial charge on any atom is 0.252 e. The van der Waals surface area contributed by atoms with Crippen molar-refractivity contribution in [3.63, 3.8) is 0 Å². The van der Waals surface area contributed by atoms with E-state index in [-0.39, 0.29) is 11.8 Å². The highest BCUT2D eigenvalue weighted by Crippen LogP contribution is 2.32. The van der Waals surface area contributed by atoms with Gasteiger partial charge in [-0.05, 0) is 34.1 Å². The number of nitrogens with one attached hydrogen (secondary N) is 1. The molecule has 1 aliphatic rings. The number of rotatable bonds is 3. The zero-order chi connectivity index (χ0) is 13.9. The van der Waals surface area contributed by atoms with E-state index < -0.39 is 0 Å². The van der Waals surface area contributed by atoms with Crippen molar-refractivity contribution in [1.29, 1.82) is 0 Å². The third-order valence-electron chi connectivity index (χ3n) is 3.43. The van der Waals surface area contributed by atoms with Crippen molar-refractivity contribution in [3.8, 4) is 5.75 Å². The average Bonchev–Trinajstić information content (AvgIpc) is 2.88. The standard InChI is InChI=1S/C16H14BrNO2/c17-14-7-3-1-6-13(14)16(19)18-9-11-10-20-15-8-4-2-5-12(11)15/h1-8,11H,9-10H2,(H,18,19)/t11-/m1/s1. The number of benzene rings is 2. The first kappa shape index (κ1) is 13.2. The Hall–Kier alpha value is -1.81. The molecule has 0 spiro atoms. The van der Waals surface area contributed by atoms with Crippen molar-refractivity contribution in [1.82, 2.24) is 5.32 Å². The summed E-state index contributed by atoms with van der Waals surface area (Å²) >= 11 is 3.39. The molecule has 1 N–H and O–H groups in total. The second-order valence-electron chi connectivity index (χ2n) is 4.74. The SMILES string of the molecule is O=C(NC[C@@H]1COc2ccccc21)c1ccccc1Br. The molecule has 102 valence electrons. The predicted molar refractivity (Wildman–Crippen MR) is 81.2 cm³/mol. The lowest BCUT2D eigenvalue weighted by molar-refractivity contribution is 0.0949. The molecule has 0 radical (unpaired) electrons. The normalized spacial score (nSPS) is 16.4. The first-order valence-corrected chi connectivity index (χ1v) is 7.29. The Morgan fingerprint density at radius 1 is 1.20 bits per heavy atom. The first-order chi connectivity index (χ1) is 9.75. The molecule has 0 fully saturated rings. The molecule has 0 aliphatic carbocycles. The van der Waals surface area contributed by atoms with Gasteiger partial charge in [0, 0.05) is 22.5 Å². The predicted octanol–water partition coefficient (Wildman–Crippen LogP) is 3.36. The van der Waals surface area contributed by atoms with Crippen LogP contribution >= 0.6 is 15.9 Å². The van der Waals surface area contributed by atoms with Gasteiger partial charge in [0.1, 0.15) is 5.75 Å².